The van der Waals surface area contributed by atoms with Gasteiger partial charge in [-0.1, -0.05) is 18.2 Å². The number of nitrogens with zero attached hydrogens (tertiary/aromatic N) is 3. The summed E-state index contributed by atoms with van der Waals surface area (Å²) in [6, 6.07) is 14.5. The third-order valence-corrected chi connectivity index (χ3v) is 4.40. The van der Waals surface area contributed by atoms with Gasteiger partial charge in [0.1, 0.15) is 10.5 Å². The van der Waals surface area contributed by atoms with Crippen molar-refractivity contribution in [3.8, 4) is 21.7 Å². The Morgan fingerprint density at radius 1 is 0.762 bits per heavy atom. The van der Waals surface area contributed by atoms with Gasteiger partial charge in [0.25, 0.3) is 0 Å². The zero-order valence-electron chi connectivity index (χ0n) is 11.1. The van der Waals surface area contributed by atoms with Crippen molar-refractivity contribution in [3.05, 3.63) is 67.3 Å². The molecule has 0 aliphatic heterocycles. The van der Waals surface area contributed by atoms with E-state index in [4.69, 9.17) is 0 Å². The monoisotopic (exact) mass is 289 g/mol. The van der Waals surface area contributed by atoms with Crippen molar-refractivity contribution >= 4 is 21.6 Å². The standard InChI is InChI=1S/C17H11N3S/c1-2-13(12-4-7-18-8-5-12)10-14(3-1)17-20-15-11-19-9-6-16(15)21-17/h1-11H. The summed E-state index contributed by atoms with van der Waals surface area (Å²) in [6.07, 6.45) is 7.23. The van der Waals surface area contributed by atoms with E-state index >= 15 is 0 Å². The SMILES string of the molecule is c1cc(-c2ccncc2)cc(-c2nc3cnccc3s2)c1. The number of hydrogen-bond donors (Lipinski definition) is 0. The van der Waals surface area contributed by atoms with Gasteiger partial charge in [0.15, 0.2) is 0 Å². The van der Waals surface area contributed by atoms with Crippen LogP contribution < -0.4 is 0 Å². The van der Waals surface area contributed by atoms with Gasteiger partial charge in [0, 0.05) is 24.2 Å². The van der Waals surface area contributed by atoms with Crippen molar-refractivity contribution in [2.75, 3.05) is 0 Å². The molecule has 0 bridgehead atoms. The van der Waals surface area contributed by atoms with Crippen molar-refractivity contribution in [1.82, 2.24) is 15.0 Å². The van der Waals surface area contributed by atoms with Gasteiger partial charge >= 0.3 is 0 Å². The Labute approximate surface area is 126 Å². The first kappa shape index (κ1) is 12.2. The summed E-state index contributed by atoms with van der Waals surface area (Å²) in [7, 11) is 0. The van der Waals surface area contributed by atoms with Crippen LogP contribution in [0, 0.1) is 0 Å². The first-order valence-electron chi connectivity index (χ1n) is 6.61. The molecular weight excluding hydrogens is 278 g/mol. The van der Waals surface area contributed by atoms with Crippen LogP contribution in [0.1, 0.15) is 0 Å². The van der Waals surface area contributed by atoms with Crippen molar-refractivity contribution in [2.45, 2.75) is 0 Å². The zero-order valence-corrected chi connectivity index (χ0v) is 11.9. The molecule has 1 aromatic carbocycles. The second-order valence-corrected chi connectivity index (χ2v) is 5.71. The highest BCUT2D eigenvalue weighted by Gasteiger charge is 2.07. The first-order chi connectivity index (χ1) is 10.4. The second-order valence-electron chi connectivity index (χ2n) is 4.68. The molecule has 0 aliphatic rings. The predicted molar refractivity (Wildman–Crippen MR) is 86.1 cm³/mol. The molecule has 3 nitrogen and oxygen atoms in total. The maximum absolute atomic E-state index is 4.66. The minimum absolute atomic E-state index is 0.951. The fourth-order valence-corrected chi connectivity index (χ4v) is 3.21. The molecule has 3 aromatic heterocycles. The summed E-state index contributed by atoms with van der Waals surface area (Å²) in [5.41, 5.74) is 4.42. The highest BCUT2D eigenvalue weighted by atomic mass is 32.1. The highest BCUT2D eigenvalue weighted by Crippen LogP contribution is 2.31. The summed E-state index contributed by atoms with van der Waals surface area (Å²) < 4.78 is 1.16. The van der Waals surface area contributed by atoms with E-state index in [0.717, 1.165) is 26.4 Å². The third-order valence-electron chi connectivity index (χ3n) is 3.31. The maximum atomic E-state index is 4.66. The molecule has 0 N–H and O–H groups in total. The smallest absolute Gasteiger partial charge is 0.124 e. The molecule has 0 radical (unpaired) electrons. The van der Waals surface area contributed by atoms with Gasteiger partial charge in [-0.3, -0.25) is 9.97 Å². The van der Waals surface area contributed by atoms with Crippen molar-refractivity contribution < 1.29 is 0 Å². The van der Waals surface area contributed by atoms with Gasteiger partial charge in [-0.15, -0.1) is 11.3 Å². The molecule has 0 aliphatic carbocycles. The maximum Gasteiger partial charge on any atom is 0.124 e. The lowest BCUT2D eigenvalue weighted by Gasteiger charge is -2.03. The Morgan fingerprint density at radius 2 is 1.57 bits per heavy atom. The van der Waals surface area contributed by atoms with E-state index in [9.17, 15) is 0 Å². The van der Waals surface area contributed by atoms with Crippen LogP contribution in [0.25, 0.3) is 31.9 Å². The number of thiazole rings is 1. The first-order valence-corrected chi connectivity index (χ1v) is 7.43. The van der Waals surface area contributed by atoms with E-state index in [-0.39, 0.29) is 0 Å². The molecule has 4 heteroatoms. The lowest BCUT2D eigenvalue weighted by molar-refractivity contribution is 1.33. The van der Waals surface area contributed by atoms with E-state index in [1.807, 2.05) is 36.8 Å². The van der Waals surface area contributed by atoms with E-state index in [1.54, 1.807) is 17.5 Å². The molecule has 0 atom stereocenters. The second kappa shape index (κ2) is 5.07. The molecular formula is C17H11N3S. The van der Waals surface area contributed by atoms with Crippen molar-refractivity contribution in [3.63, 3.8) is 0 Å². The lowest BCUT2D eigenvalue weighted by Crippen LogP contribution is -1.81. The van der Waals surface area contributed by atoms with Crippen molar-refractivity contribution in [2.24, 2.45) is 0 Å². The molecule has 0 unspecified atom stereocenters. The van der Waals surface area contributed by atoms with E-state index in [1.165, 1.54) is 5.56 Å². The fourth-order valence-electron chi connectivity index (χ4n) is 2.28. The molecule has 4 rings (SSSR count). The van der Waals surface area contributed by atoms with Gasteiger partial charge in [-0.05, 0) is 35.4 Å². The molecule has 100 valence electrons. The van der Waals surface area contributed by atoms with E-state index < -0.39 is 0 Å². The highest BCUT2D eigenvalue weighted by molar-refractivity contribution is 7.21. The van der Waals surface area contributed by atoms with Crippen LogP contribution >= 0.6 is 11.3 Å². The Bertz CT molecular complexity index is 867. The zero-order chi connectivity index (χ0) is 14.1. The number of rotatable bonds is 2. The Balaban J connectivity index is 1.82. The average molecular weight is 289 g/mol. The third kappa shape index (κ3) is 2.30. The van der Waals surface area contributed by atoms with Gasteiger partial charge in [-0.2, -0.15) is 0 Å². The van der Waals surface area contributed by atoms with Crippen LogP contribution in [0.15, 0.2) is 67.3 Å². The lowest BCUT2D eigenvalue weighted by atomic mass is 10.0. The fraction of sp³-hybridized carbons (Fsp3) is 0. The largest absolute Gasteiger partial charge is 0.265 e. The van der Waals surface area contributed by atoms with Crippen LogP contribution in [0.5, 0.6) is 0 Å². The van der Waals surface area contributed by atoms with Gasteiger partial charge in [0.2, 0.25) is 0 Å². The Morgan fingerprint density at radius 3 is 2.43 bits per heavy atom. The molecule has 21 heavy (non-hydrogen) atoms. The van der Waals surface area contributed by atoms with Gasteiger partial charge in [0.05, 0.1) is 10.9 Å². The summed E-state index contributed by atoms with van der Waals surface area (Å²) >= 11 is 1.69. The topological polar surface area (TPSA) is 38.7 Å². The van der Waals surface area contributed by atoms with Crippen LogP contribution in [0.4, 0.5) is 0 Å². The quantitative estimate of drug-likeness (QED) is 0.548. The molecule has 0 spiro atoms. The van der Waals surface area contributed by atoms with Crippen LogP contribution in [-0.4, -0.2) is 15.0 Å². The van der Waals surface area contributed by atoms with Gasteiger partial charge in [-0.25, -0.2) is 4.98 Å². The molecule has 3 heterocycles. The predicted octanol–water partition coefficient (Wildman–Crippen LogP) is 4.42. The summed E-state index contributed by atoms with van der Waals surface area (Å²) in [4.78, 5) is 12.8. The van der Waals surface area contributed by atoms with E-state index in [0.29, 0.717) is 0 Å². The van der Waals surface area contributed by atoms with E-state index in [2.05, 4.69) is 39.2 Å². The Kier molecular flexibility index (Phi) is 2.94. The molecule has 0 saturated carbocycles. The number of aromatic nitrogens is 3. The average Bonchev–Trinajstić information content (AvgIpc) is 3.00. The van der Waals surface area contributed by atoms with Crippen LogP contribution in [-0.2, 0) is 0 Å². The number of benzene rings is 1. The molecule has 4 aromatic rings. The van der Waals surface area contributed by atoms with Crippen LogP contribution in [0.2, 0.25) is 0 Å². The number of fused-ring (bicyclic) bond motifs is 1. The summed E-state index contributed by atoms with van der Waals surface area (Å²) in [5, 5.41) is 1.02. The molecule has 0 amide bonds. The molecule has 0 saturated heterocycles. The van der Waals surface area contributed by atoms with Crippen LogP contribution in [0.3, 0.4) is 0 Å². The normalized spacial score (nSPS) is 10.9. The van der Waals surface area contributed by atoms with Gasteiger partial charge < -0.3 is 0 Å². The summed E-state index contributed by atoms with van der Waals surface area (Å²) in [5.74, 6) is 0. The van der Waals surface area contributed by atoms with Crippen molar-refractivity contribution in [1.29, 1.82) is 0 Å². The number of pyridine rings is 2. The molecule has 0 fully saturated rings. The number of hydrogen-bond acceptors (Lipinski definition) is 4. The Hall–Kier alpha value is -2.59. The minimum Gasteiger partial charge on any atom is -0.265 e. The summed E-state index contributed by atoms with van der Waals surface area (Å²) in [6.45, 7) is 0. The minimum atomic E-state index is 0.951.